The highest BCUT2D eigenvalue weighted by molar-refractivity contribution is 7.89. The van der Waals surface area contributed by atoms with Gasteiger partial charge in [-0.05, 0) is 43.9 Å². The largest absolute Gasteiger partial charge is 0.398 e. The number of aliphatic hydroxyl groups excluding tert-OH is 1. The summed E-state index contributed by atoms with van der Waals surface area (Å²) >= 11 is 0. The van der Waals surface area contributed by atoms with Crippen molar-refractivity contribution in [1.29, 1.82) is 0 Å². The highest BCUT2D eigenvalue weighted by Gasteiger charge is 2.34. The number of sulfonamides is 1. The average molecular weight is 284 g/mol. The van der Waals surface area contributed by atoms with Crippen molar-refractivity contribution < 1.29 is 13.5 Å². The maximum Gasteiger partial charge on any atom is 0.243 e. The molecule has 2 rings (SSSR count). The van der Waals surface area contributed by atoms with Crippen LogP contribution < -0.4 is 5.73 Å². The van der Waals surface area contributed by atoms with Gasteiger partial charge in [0.05, 0.1) is 4.90 Å². The number of nitrogens with two attached hydrogens (primary N) is 1. The molecule has 1 aliphatic rings. The summed E-state index contributed by atoms with van der Waals surface area (Å²) in [4.78, 5) is 0.237. The molecule has 19 heavy (non-hydrogen) atoms. The number of nitrogen functional groups attached to an aromatic ring is 1. The van der Waals surface area contributed by atoms with E-state index in [1.54, 1.807) is 12.1 Å². The normalized spacial score (nSPS) is 20.8. The van der Waals surface area contributed by atoms with Crippen molar-refractivity contribution in [3.05, 3.63) is 23.8 Å². The van der Waals surface area contributed by atoms with Crippen LogP contribution in [-0.4, -0.2) is 37.0 Å². The fraction of sp³-hybridized carbons (Fsp3) is 0.538. The first-order chi connectivity index (χ1) is 8.96. The van der Waals surface area contributed by atoms with E-state index in [4.69, 9.17) is 10.8 Å². The minimum Gasteiger partial charge on any atom is -0.398 e. The molecule has 1 aromatic rings. The standard InChI is InChI=1S/C13H20N2O3S/c1-10-4-5-12(9-13(10)14)19(17,18)15-7-2-3-11(15)6-8-16/h4-5,9,11,16H,2-3,6-8,14H2,1H3. The summed E-state index contributed by atoms with van der Waals surface area (Å²) in [5, 5.41) is 9.02. The Morgan fingerprint density at radius 3 is 2.84 bits per heavy atom. The van der Waals surface area contributed by atoms with Gasteiger partial charge in [-0.15, -0.1) is 0 Å². The molecular formula is C13H20N2O3S. The van der Waals surface area contributed by atoms with Crippen LogP contribution in [0.2, 0.25) is 0 Å². The Labute approximate surface area is 114 Å². The lowest BCUT2D eigenvalue weighted by Gasteiger charge is -2.23. The molecule has 0 aliphatic carbocycles. The number of hydrogen-bond acceptors (Lipinski definition) is 4. The first-order valence-corrected chi connectivity index (χ1v) is 7.89. The maximum absolute atomic E-state index is 12.6. The summed E-state index contributed by atoms with van der Waals surface area (Å²) in [6, 6.07) is 4.73. The predicted octanol–water partition coefficient (Wildman–Crippen LogP) is 1.11. The average Bonchev–Trinajstić information content (AvgIpc) is 2.82. The molecule has 1 aromatic carbocycles. The van der Waals surface area contributed by atoms with Crippen LogP contribution >= 0.6 is 0 Å². The molecule has 6 heteroatoms. The zero-order chi connectivity index (χ0) is 14.0. The molecule has 1 unspecified atom stereocenters. The predicted molar refractivity (Wildman–Crippen MR) is 74.2 cm³/mol. The number of hydrogen-bond donors (Lipinski definition) is 2. The molecule has 1 atom stereocenters. The molecule has 0 aromatic heterocycles. The highest BCUT2D eigenvalue weighted by atomic mass is 32.2. The van der Waals surface area contributed by atoms with Crippen molar-refractivity contribution in [3.63, 3.8) is 0 Å². The molecule has 0 saturated carbocycles. The lowest BCUT2D eigenvalue weighted by Crippen LogP contribution is -2.36. The molecule has 1 aliphatic heterocycles. The maximum atomic E-state index is 12.6. The third-order valence-corrected chi connectivity index (χ3v) is 5.59. The van der Waals surface area contributed by atoms with Crippen LogP contribution in [0.25, 0.3) is 0 Å². The van der Waals surface area contributed by atoms with Gasteiger partial charge in [0.1, 0.15) is 0 Å². The van der Waals surface area contributed by atoms with Crippen molar-refractivity contribution in [1.82, 2.24) is 4.31 Å². The minimum atomic E-state index is -3.51. The molecule has 5 nitrogen and oxygen atoms in total. The Bertz CT molecular complexity index is 557. The van der Waals surface area contributed by atoms with Gasteiger partial charge in [-0.3, -0.25) is 0 Å². The Morgan fingerprint density at radius 2 is 2.21 bits per heavy atom. The molecule has 3 N–H and O–H groups in total. The van der Waals surface area contributed by atoms with Crippen molar-refractivity contribution in [3.8, 4) is 0 Å². The zero-order valence-electron chi connectivity index (χ0n) is 11.0. The van der Waals surface area contributed by atoms with Crippen LogP contribution in [0.1, 0.15) is 24.8 Å². The van der Waals surface area contributed by atoms with E-state index in [1.807, 2.05) is 6.92 Å². The Kier molecular flexibility index (Phi) is 4.13. The Balaban J connectivity index is 2.33. The third kappa shape index (κ3) is 2.75. The van der Waals surface area contributed by atoms with Gasteiger partial charge in [0, 0.05) is 24.9 Å². The van der Waals surface area contributed by atoms with Crippen molar-refractivity contribution in [2.45, 2.75) is 37.1 Å². The fourth-order valence-corrected chi connectivity index (χ4v) is 4.24. The summed E-state index contributed by atoms with van der Waals surface area (Å²) in [5.41, 5.74) is 7.14. The molecule has 1 fully saturated rings. The molecule has 0 radical (unpaired) electrons. The van der Waals surface area contributed by atoms with Gasteiger partial charge in [0.25, 0.3) is 0 Å². The fourth-order valence-electron chi connectivity index (χ4n) is 2.48. The number of rotatable bonds is 4. The van der Waals surface area contributed by atoms with E-state index in [-0.39, 0.29) is 17.5 Å². The van der Waals surface area contributed by atoms with Gasteiger partial charge in [-0.2, -0.15) is 4.31 Å². The van der Waals surface area contributed by atoms with Crippen LogP contribution in [-0.2, 0) is 10.0 Å². The smallest absolute Gasteiger partial charge is 0.243 e. The van der Waals surface area contributed by atoms with E-state index in [0.717, 1.165) is 18.4 Å². The zero-order valence-corrected chi connectivity index (χ0v) is 11.9. The van der Waals surface area contributed by atoms with Gasteiger partial charge in [-0.25, -0.2) is 8.42 Å². The lowest BCUT2D eigenvalue weighted by atomic mass is 10.2. The van der Waals surface area contributed by atoms with Crippen LogP contribution in [0.4, 0.5) is 5.69 Å². The van der Waals surface area contributed by atoms with Crippen LogP contribution in [0.15, 0.2) is 23.1 Å². The molecule has 1 saturated heterocycles. The van der Waals surface area contributed by atoms with Crippen molar-refractivity contribution in [2.75, 3.05) is 18.9 Å². The minimum absolute atomic E-state index is 0.00667. The van der Waals surface area contributed by atoms with Gasteiger partial charge >= 0.3 is 0 Å². The van der Waals surface area contributed by atoms with Crippen LogP contribution in [0.3, 0.4) is 0 Å². The summed E-state index contributed by atoms with van der Waals surface area (Å²) in [7, 11) is -3.51. The Morgan fingerprint density at radius 1 is 1.47 bits per heavy atom. The van der Waals surface area contributed by atoms with E-state index in [9.17, 15) is 8.42 Å². The van der Waals surface area contributed by atoms with Gasteiger partial charge < -0.3 is 10.8 Å². The molecule has 1 heterocycles. The van der Waals surface area contributed by atoms with Crippen LogP contribution in [0.5, 0.6) is 0 Å². The van der Waals surface area contributed by atoms with Gasteiger partial charge in [0.2, 0.25) is 10.0 Å². The Hall–Kier alpha value is -1.11. The van der Waals surface area contributed by atoms with E-state index in [2.05, 4.69) is 0 Å². The first-order valence-electron chi connectivity index (χ1n) is 6.45. The number of aliphatic hydroxyl groups is 1. The second-order valence-electron chi connectivity index (χ2n) is 4.94. The summed E-state index contributed by atoms with van der Waals surface area (Å²) in [6.07, 6.45) is 2.13. The summed E-state index contributed by atoms with van der Waals surface area (Å²) in [5.74, 6) is 0. The molecule has 0 bridgehead atoms. The van der Waals surface area contributed by atoms with Crippen molar-refractivity contribution in [2.24, 2.45) is 0 Å². The van der Waals surface area contributed by atoms with Crippen LogP contribution in [0, 0.1) is 6.92 Å². The summed E-state index contributed by atoms with van der Waals surface area (Å²) in [6.45, 7) is 2.36. The topological polar surface area (TPSA) is 83.6 Å². The summed E-state index contributed by atoms with van der Waals surface area (Å²) < 4.78 is 26.6. The molecule has 0 spiro atoms. The monoisotopic (exact) mass is 284 g/mol. The molecule has 106 valence electrons. The highest BCUT2D eigenvalue weighted by Crippen LogP contribution is 2.29. The van der Waals surface area contributed by atoms with E-state index in [0.29, 0.717) is 18.7 Å². The van der Waals surface area contributed by atoms with Gasteiger partial charge in [-0.1, -0.05) is 6.07 Å². The third-order valence-electron chi connectivity index (χ3n) is 3.64. The second kappa shape index (κ2) is 5.48. The molecular weight excluding hydrogens is 264 g/mol. The van der Waals surface area contributed by atoms with Gasteiger partial charge in [0.15, 0.2) is 0 Å². The lowest BCUT2D eigenvalue weighted by molar-refractivity contribution is 0.246. The van der Waals surface area contributed by atoms with E-state index >= 15 is 0 Å². The number of anilines is 1. The number of nitrogens with zero attached hydrogens (tertiary/aromatic N) is 1. The van der Waals surface area contributed by atoms with E-state index in [1.165, 1.54) is 10.4 Å². The number of benzene rings is 1. The first kappa shape index (κ1) is 14.3. The SMILES string of the molecule is Cc1ccc(S(=O)(=O)N2CCCC2CCO)cc1N. The second-order valence-corrected chi connectivity index (χ2v) is 6.83. The quantitative estimate of drug-likeness (QED) is 0.811. The molecule has 0 amide bonds. The van der Waals surface area contributed by atoms with E-state index < -0.39 is 10.0 Å². The number of aryl methyl sites for hydroxylation is 1. The van der Waals surface area contributed by atoms with Crippen molar-refractivity contribution >= 4 is 15.7 Å².